The van der Waals surface area contributed by atoms with Crippen LogP contribution in [0.5, 0.6) is 5.75 Å². The molecule has 0 radical (unpaired) electrons. The maximum Gasteiger partial charge on any atom is 0.255 e. The first-order valence-electron chi connectivity index (χ1n) is 13.6. The lowest BCUT2D eigenvalue weighted by Gasteiger charge is -2.25. The van der Waals surface area contributed by atoms with Crippen molar-refractivity contribution in [2.75, 3.05) is 32.8 Å². The molecule has 10 nitrogen and oxygen atoms in total. The average Bonchev–Trinajstić information content (AvgIpc) is 3.41. The van der Waals surface area contributed by atoms with Gasteiger partial charge in [-0.15, -0.1) is 0 Å². The molecule has 0 unspecified atom stereocenters. The molecule has 3 atom stereocenters. The number of nitrogens with zero attached hydrogens (tertiary/aromatic N) is 1. The summed E-state index contributed by atoms with van der Waals surface area (Å²) in [6, 6.07) is 14.3. The van der Waals surface area contributed by atoms with E-state index in [1.807, 2.05) is 30.3 Å². The fraction of sp³-hybridized carbons (Fsp3) is 0.448. The number of carbonyl (C=O) groups excluding carboxylic acids is 4. The smallest absolute Gasteiger partial charge is 0.255 e. The Bertz CT molecular complexity index is 1160. The monoisotopic (exact) mass is 535 g/mol. The minimum absolute atomic E-state index is 0.126. The van der Waals surface area contributed by atoms with E-state index in [0.717, 1.165) is 31.5 Å². The molecule has 2 aromatic rings. The number of likely N-dealkylation sites (tertiary alicyclic amines) is 1. The van der Waals surface area contributed by atoms with Crippen LogP contribution in [0.2, 0.25) is 0 Å². The molecule has 0 aromatic heterocycles. The van der Waals surface area contributed by atoms with Gasteiger partial charge in [-0.1, -0.05) is 49.4 Å². The second-order valence-electron chi connectivity index (χ2n) is 9.85. The number of ether oxygens (including phenoxy) is 1. The zero-order valence-electron chi connectivity index (χ0n) is 22.3. The van der Waals surface area contributed by atoms with Crippen molar-refractivity contribution in [2.45, 2.75) is 50.7 Å². The normalized spacial score (nSPS) is 22.9. The number of rotatable bonds is 6. The van der Waals surface area contributed by atoms with Crippen molar-refractivity contribution in [1.82, 2.24) is 26.2 Å². The van der Waals surface area contributed by atoms with Crippen LogP contribution in [0, 0.1) is 0 Å². The van der Waals surface area contributed by atoms with Crippen LogP contribution < -0.4 is 26.0 Å². The molecule has 1 fully saturated rings. The van der Waals surface area contributed by atoms with Crippen molar-refractivity contribution >= 4 is 23.6 Å². The van der Waals surface area contributed by atoms with Crippen molar-refractivity contribution in [3.05, 3.63) is 65.7 Å². The fourth-order valence-electron chi connectivity index (χ4n) is 5.07. The molecule has 39 heavy (non-hydrogen) atoms. The van der Waals surface area contributed by atoms with Gasteiger partial charge >= 0.3 is 0 Å². The summed E-state index contributed by atoms with van der Waals surface area (Å²) in [4.78, 5) is 55.0. The number of benzene rings is 2. The summed E-state index contributed by atoms with van der Waals surface area (Å²) in [6.07, 6.45) is 2.01. The Morgan fingerprint density at radius 2 is 1.82 bits per heavy atom. The van der Waals surface area contributed by atoms with Crippen LogP contribution in [-0.2, 0) is 20.8 Å². The van der Waals surface area contributed by atoms with Gasteiger partial charge in [0, 0.05) is 19.0 Å². The maximum absolute atomic E-state index is 13.3. The van der Waals surface area contributed by atoms with E-state index in [-0.39, 0.29) is 43.5 Å². The number of fused-ring (bicyclic) bond motifs is 1. The van der Waals surface area contributed by atoms with E-state index in [0.29, 0.717) is 12.3 Å². The summed E-state index contributed by atoms with van der Waals surface area (Å²) < 4.78 is 5.79. The molecule has 2 heterocycles. The van der Waals surface area contributed by atoms with Crippen molar-refractivity contribution in [3.8, 4) is 5.75 Å². The summed E-state index contributed by atoms with van der Waals surface area (Å²) >= 11 is 0. The number of nitrogens with one attached hydrogen (secondary N) is 4. The zero-order valence-corrected chi connectivity index (χ0v) is 22.3. The minimum atomic E-state index is -1.13. The molecule has 2 aliphatic heterocycles. The molecule has 10 heteroatoms. The second-order valence-corrected chi connectivity index (χ2v) is 9.85. The van der Waals surface area contributed by atoms with E-state index in [1.54, 1.807) is 24.3 Å². The lowest BCUT2D eigenvalue weighted by atomic mass is 10.0. The van der Waals surface area contributed by atoms with E-state index in [1.165, 1.54) is 0 Å². The lowest BCUT2D eigenvalue weighted by molar-refractivity contribution is -0.131. The van der Waals surface area contributed by atoms with Gasteiger partial charge in [0.05, 0.1) is 18.5 Å². The molecule has 1 saturated heterocycles. The van der Waals surface area contributed by atoms with E-state index in [9.17, 15) is 19.2 Å². The third-order valence-electron chi connectivity index (χ3n) is 7.15. The van der Waals surface area contributed by atoms with Gasteiger partial charge in [-0.05, 0) is 43.6 Å². The molecule has 4 amide bonds. The highest BCUT2D eigenvalue weighted by atomic mass is 16.5. The molecule has 0 bridgehead atoms. The number of likely N-dealkylation sites (N-methyl/N-ethyl adjacent to an activating group) is 1. The SMILES string of the molecule is CCN1CCC[C@H]1CNC(=O)[C@@H]1CC(=O)N[C@@H](Cc2ccccc2)C(=O)NCCOc2ccccc2C(=O)N1. The summed E-state index contributed by atoms with van der Waals surface area (Å²) in [7, 11) is 0. The van der Waals surface area contributed by atoms with E-state index in [2.05, 4.69) is 33.1 Å². The first kappa shape index (κ1) is 28.1. The molecule has 4 rings (SSSR count). The Balaban J connectivity index is 1.54. The summed E-state index contributed by atoms with van der Waals surface area (Å²) in [5.41, 5.74) is 1.12. The van der Waals surface area contributed by atoms with Crippen LogP contribution in [0.3, 0.4) is 0 Å². The van der Waals surface area contributed by atoms with Crippen LogP contribution in [-0.4, -0.2) is 79.4 Å². The Morgan fingerprint density at radius 3 is 2.62 bits per heavy atom. The maximum atomic E-state index is 13.3. The van der Waals surface area contributed by atoms with Crippen molar-refractivity contribution in [1.29, 1.82) is 0 Å². The Labute approximate surface area is 228 Å². The second kappa shape index (κ2) is 13.7. The van der Waals surface area contributed by atoms with Crippen molar-refractivity contribution < 1.29 is 23.9 Å². The minimum Gasteiger partial charge on any atom is -0.491 e. The van der Waals surface area contributed by atoms with E-state index >= 15 is 0 Å². The van der Waals surface area contributed by atoms with Crippen LogP contribution in [0.4, 0.5) is 0 Å². The van der Waals surface area contributed by atoms with Crippen molar-refractivity contribution in [3.63, 3.8) is 0 Å². The highest BCUT2D eigenvalue weighted by molar-refractivity contribution is 6.01. The lowest BCUT2D eigenvalue weighted by Crippen LogP contribution is -2.54. The van der Waals surface area contributed by atoms with Crippen molar-refractivity contribution in [2.24, 2.45) is 0 Å². The number of hydrogen-bond acceptors (Lipinski definition) is 6. The standard InChI is InChI=1S/C29H37N5O5/c1-2-34-15-8-11-21(34)19-31-29(38)24-18-26(35)32-23(17-20-9-4-3-5-10-20)28(37)30-14-16-39-25-13-7-6-12-22(25)27(36)33-24/h3-7,9-10,12-13,21,23-24H,2,8,11,14-19H2,1H3,(H,30,37)(H,31,38)(H,32,35)(H,33,36)/t21-,23-,24-/m0/s1. The van der Waals surface area contributed by atoms with Gasteiger partial charge in [-0.2, -0.15) is 0 Å². The van der Waals surface area contributed by atoms with Gasteiger partial charge in [-0.3, -0.25) is 24.1 Å². The Hall–Kier alpha value is -3.92. The summed E-state index contributed by atoms with van der Waals surface area (Å²) in [5.74, 6) is -1.50. The molecule has 0 spiro atoms. The van der Waals surface area contributed by atoms with Gasteiger partial charge < -0.3 is 26.0 Å². The van der Waals surface area contributed by atoms with Crippen LogP contribution in [0.15, 0.2) is 54.6 Å². The molecule has 2 aliphatic rings. The Morgan fingerprint density at radius 1 is 1.05 bits per heavy atom. The van der Waals surface area contributed by atoms with Gasteiger partial charge in [-0.25, -0.2) is 0 Å². The predicted octanol–water partition coefficient (Wildman–Crippen LogP) is 1.01. The number of carbonyl (C=O) groups is 4. The highest BCUT2D eigenvalue weighted by Crippen LogP contribution is 2.19. The summed E-state index contributed by atoms with van der Waals surface area (Å²) in [5, 5.41) is 11.2. The average molecular weight is 536 g/mol. The number of amides is 4. The van der Waals surface area contributed by atoms with Gasteiger partial charge in [0.25, 0.3) is 5.91 Å². The van der Waals surface area contributed by atoms with Crippen LogP contribution in [0.25, 0.3) is 0 Å². The molecule has 208 valence electrons. The van der Waals surface area contributed by atoms with Crippen LogP contribution in [0.1, 0.15) is 42.1 Å². The molecular formula is C29H37N5O5. The third kappa shape index (κ3) is 7.79. The number of hydrogen-bond donors (Lipinski definition) is 4. The predicted molar refractivity (Wildman–Crippen MR) is 146 cm³/mol. The largest absolute Gasteiger partial charge is 0.491 e. The van der Waals surface area contributed by atoms with Gasteiger partial charge in [0.1, 0.15) is 24.4 Å². The van der Waals surface area contributed by atoms with Gasteiger partial charge in [0.2, 0.25) is 17.7 Å². The molecule has 4 N–H and O–H groups in total. The molecule has 2 aromatic carbocycles. The highest BCUT2D eigenvalue weighted by Gasteiger charge is 2.30. The molecule has 0 saturated carbocycles. The molecule has 0 aliphatic carbocycles. The van der Waals surface area contributed by atoms with E-state index < -0.39 is 29.8 Å². The van der Waals surface area contributed by atoms with E-state index in [4.69, 9.17) is 4.74 Å². The van der Waals surface area contributed by atoms with Crippen LogP contribution >= 0.6 is 0 Å². The third-order valence-corrected chi connectivity index (χ3v) is 7.15. The first-order chi connectivity index (χ1) is 18.9. The Kier molecular flexibility index (Phi) is 9.91. The summed E-state index contributed by atoms with van der Waals surface area (Å²) in [6.45, 7) is 4.72. The first-order valence-corrected chi connectivity index (χ1v) is 13.6. The zero-order chi connectivity index (χ0) is 27.6. The fourth-order valence-corrected chi connectivity index (χ4v) is 5.07. The van der Waals surface area contributed by atoms with Gasteiger partial charge in [0.15, 0.2) is 0 Å². The topological polar surface area (TPSA) is 129 Å². The number of para-hydroxylation sites is 1. The molecular weight excluding hydrogens is 498 g/mol. The quantitative estimate of drug-likeness (QED) is 0.437.